The Balaban J connectivity index is 1.40. The minimum absolute atomic E-state index is 0.431. The van der Waals surface area contributed by atoms with Crippen molar-refractivity contribution in [1.82, 2.24) is 0 Å². The zero-order valence-corrected chi connectivity index (χ0v) is 21.3. The average Bonchev–Trinajstić information content (AvgIpc) is 3.23. The fourth-order valence-corrected chi connectivity index (χ4v) is 5.98. The second-order valence-corrected chi connectivity index (χ2v) is 10.3. The molecule has 1 aliphatic rings. The van der Waals surface area contributed by atoms with Gasteiger partial charge < -0.3 is 0 Å². The van der Waals surface area contributed by atoms with Crippen LogP contribution in [0.3, 0.4) is 0 Å². The number of aryl methyl sites for hydroxylation is 2. The van der Waals surface area contributed by atoms with Crippen molar-refractivity contribution in [2.24, 2.45) is 0 Å². The highest BCUT2D eigenvalue weighted by Crippen LogP contribution is 2.49. The van der Waals surface area contributed by atoms with Crippen LogP contribution in [-0.4, -0.2) is 0 Å². The molecule has 5 aromatic rings. The normalized spacial score (nSPS) is 14.8. The number of fused-ring (bicyclic) bond motifs is 3. The minimum atomic E-state index is 0.431. The lowest BCUT2D eigenvalue weighted by Gasteiger charge is -2.20. The van der Waals surface area contributed by atoms with Crippen molar-refractivity contribution in [3.8, 4) is 33.4 Å². The van der Waals surface area contributed by atoms with Crippen LogP contribution in [0.25, 0.3) is 33.4 Å². The molecule has 0 amide bonds. The molecule has 0 heteroatoms. The fraction of sp³-hybridized carbons (Fsp3) is 0.167. The first-order valence-electron chi connectivity index (χ1n) is 13.1. The fourth-order valence-electron chi connectivity index (χ4n) is 5.98. The summed E-state index contributed by atoms with van der Waals surface area (Å²) in [6.45, 7) is 6.77. The highest BCUT2D eigenvalue weighted by molar-refractivity contribution is 5.84. The van der Waals surface area contributed by atoms with E-state index in [1.54, 1.807) is 0 Å². The largest absolute Gasteiger partial charge is 0.0622 e. The van der Waals surface area contributed by atoms with E-state index in [1.165, 1.54) is 61.2 Å². The van der Waals surface area contributed by atoms with Gasteiger partial charge in [-0.15, -0.1) is 0 Å². The highest BCUT2D eigenvalue weighted by Gasteiger charge is 2.30. The number of benzene rings is 5. The predicted octanol–water partition coefficient (Wildman–Crippen LogP) is 9.94. The maximum atomic E-state index is 2.42. The van der Waals surface area contributed by atoms with Gasteiger partial charge in [-0.1, -0.05) is 110 Å². The second-order valence-electron chi connectivity index (χ2n) is 10.3. The molecule has 0 nitrogen and oxygen atoms in total. The van der Waals surface area contributed by atoms with Crippen LogP contribution in [0.1, 0.15) is 53.0 Å². The molecule has 0 saturated heterocycles. The highest BCUT2D eigenvalue weighted by atomic mass is 14.3. The molecule has 2 atom stereocenters. The lowest BCUT2D eigenvalue weighted by molar-refractivity contribution is 0.625. The molecule has 0 radical (unpaired) electrons. The SMILES string of the molecule is Cc1ccccc1-c1cc(-c2ccc3c(c2)-c2ccccc2C3CC(C)c2ccccc2)ccc1C. The summed E-state index contributed by atoms with van der Waals surface area (Å²) in [5.74, 6) is 0.935. The van der Waals surface area contributed by atoms with Crippen LogP contribution >= 0.6 is 0 Å². The summed E-state index contributed by atoms with van der Waals surface area (Å²) < 4.78 is 0. The lowest BCUT2D eigenvalue weighted by atomic mass is 9.84. The van der Waals surface area contributed by atoms with Crippen LogP contribution in [0.15, 0.2) is 115 Å². The first kappa shape index (κ1) is 22.6. The van der Waals surface area contributed by atoms with Gasteiger partial charge >= 0.3 is 0 Å². The van der Waals surface area contributed by atoms with Crippen molar-refractivity contribution in [2.45, 2.75) is 39.0 Å². The molecule has 2 unspecified atom stereocenters. The molecule has 0 spiro atoms. The topological polar surface area (TPSA) is 0 Å². The monoisotopic (exact) mass is 464 g/mol. The van der Waals surface area contributed by atoms with Gasteiger partial charge in [0.25, 0.3) is 0 Å². The molecule has 0 aliphatic heterocycles. The van der Waals surface area contributed by atoms with Gasteiger partial charge in [0.1, 0.15) is 0 Å². The number of hydrogen-bond donors (Lipinski definition) is 0. The van der Waals surface area contributed by atoms with Crippen molar-refractivity contribution in [2.75, 3.05) is 0 Å². The molecule has 36 heavy (non-hydrogen) atoms. The third-order valence-electron chi connectivity index (χ3n) is 8.02. The summed E-state index contributed by atoms with van der Waals surface area (Å²) >= 11 is 0. The Morgan fingerprint density at radius 3 is 1.89 bits per heavy atom. The molecule has 6 rings (SSSR count). The van der Waals surface area contributed by atoms with Gasteiger partial charge in [-0.2, -0.15) is 0 Å². The summed E-state index contributed by atoms with van der Waals surface area (Å²) in [6.07, 6.45) is 1.12. The molecule has 1 aliphatic carbocycles. The van der Waals surface area contributed by atoms with Gasteiger partial charge in [0.2, 0.25) is 0 Å². The molecular formula is C36H32. The van der Waals surface area contributed by atoms with E-state index >= 15 is 0 Å². The Bertz CT molecular complexity index is 1540. The van der Waals surface area contributed by atoms with E-state index in [0.717, 1.165) is 6.42 Å². The van der Waals surface area contributed by atoms with Gasteiger partial charge in [-0.05, 0) is 99.5 Å². The van der Waals surface area contributed by atoms with Gasteiger partial charge in [-0.3, -0.25) is 0 Å². The van der Waals surface area contributed by atoms with Crippen LogP contribution in [0.5, 0.6) is 0 Å². The summed E-state index contributed by atoms with van der Waals surface area (Å²) in [7, 11) is 0. The third kappa shape index (κ3) is 3.97. The molecular weight excluding hydrogens is 432 g/mol. The van der Waals surface area contributed by atoms with E-state index in [1.807, 2.05) is 0 Å². The van der Waals surface area contributed by atoms with E-state index in [-0.39, 0.29) is 0 Å². The lowest BCUT2D eigenvalue weighted by Crippen LogP contribution is -2.03. The Kier molecular flexibility index (Phi) is 5.82. The summed E-state index contributed by atoms with van der Waals surface area (Å²) in [4.78, 5) is 0. The Hall–Kier alpha value is -3.90. The molecule has 0 N–H and O–H groups in total. The molecule has 0 fully saturated rings. The third-order valence-corrected chi connectivity index (χ3v) is 8.02. The van der Waals surface area contributed by atoms with E-state index in [2.05, 4.69) is 136 Å². The summed E-state index contributed by atoms with van der Waals surface area (Å²) in [5.41, 5.74) is 15.0. The van der Waals surface area contributed by atoms with Gasteiger partial charge in [0.05, 0.1) is 0 Å². The molecule has 176 valence electrons. The van der Waals surface area contributed by atoms with Crippen LogP contribution < -0.4 is 0 Å². The molecule has 5 aromatic carbocycles. The van der Waals surface area contributed by atoms with E-state index in [0.29, 0.717) is 11.8 Å². The molecule has 0 bridgehead atoms. The van der Waals surface area contributed by atoms with Crippen LogP contribution in [-0.2, 0) is 0 Å². The average molecular weight is 465 g/mol. The quantitative estimate of drug-likeness (QED) is 0.243. The first-order chi connectivity index (χ1) is 17.6. The minimum Gasteiger partial charge on any atom is -0.0622 e. The van der Waals surface area contributed by atoms with E-state index in [9.17, 15) is 0 Å². The first-order valence-corrected chi connectivity index (χ1v) is 13.1. The zero-order chi connectivity index (χ0) is 24.6. The standard InChI is InChI=1S/C36H32/c1-24-11-7-8-14-30(24)34-22-28(18-17-25(34)2)29-19-20-33-35(21-26(3)27-12-5-4-6-13-27)31-15-9-10-16-32(31)36(33)23-29/h4-20,22-23,26,35H,21H2,1-3H3. The number of hydrogen-bond acceptors (Lipinski definition) is 0. The summed E-state index contributed by atoms with van der Waals surface area (Å²) in [6, 6.07) is 42.7. The summed E-state index contributed by atoms with van der Waals surface area (Å²) in [5, 5.41) is 0. The van der Waals surface area contributed by atoms with E-state index in [4.69, 9.17) is 0 Å². The Morgan fingerprint density at radius 1 is 0.528 bits per heavy atom. The second kappa shape index (κ2) is 9.28. The maximum Gasteiger partial charge on any atom is 0.0107 e. The van der Waals surface area contributed by atoms with Crippen LogP contribution in [0.2, 0.25) is 0 Å². The van der Waals surface area contributed by atoms with Crippen molar-refractivity contribution in [1.29, 1.82) is 0 Å². The van der Waals surface area contributed by atoms with Crippen molar-refractivity contribution < 1.29 is 0 Å². The van der Waals surface area contributed by atoms with Crippen molar-refractivity contribution in [3.63, 3.8) is 0 Å². The van der Waals surface area contributed by atoms with Crippen molar-refractivity contribution in [3.05, 3.63) is 143 Å². The van der Waals surface area contributed by atoms with E-state index < -0.39 is 0 Å². The molecule has 0 heterocycles. The van der Waals surface area contributed by atoms with Crippen molar-refractivity contribution >= 4 is 0 Å². The maximum absolute atomic E-state index is 2.42. The van der Waals surface area contributed by atoms with Crippen LogP contribution in [0, 0.1) is 13.8 Å². The Labute approximate surface area is 215 Å². The molecule has 0 saturated carbocycles. The smallest absolute Gasteiger partial charge is 0.0107 e. The Morgan fingerprint density at radius 2 is 1.11 bits per heavy atom. The molecule has 0 aromatic heterocycles. The van der Waals surface area contributed by atoms with Gasteiger partial charge in [0, 0.05) is 5.92 Å². The van der Waals surface area contributed by atoms with Crippen LogP contribution in [0.4, 0.5) is 0 Å². The predicted molar refractivity (Wildman–Crippen MR) is 154 cm³/mol. The van der Waals surface area contributed by atoms with Gasteiger partial charge in [0.15, 0.2) is 0 Å². The zero-order valence-electron chi connectivity index (χ0n) is 21.3. The van der Waals surface area contributed by atoms with Gasteiger partial charge in [-0.25, -0.2) is 0 Å². The number of rotatable bonds is 5.